The van der Waals surface area contributed by atoms with Crippen molar-refractivity contribution in [2.45, 2.75) is 45.1 Å². The molecule has 6 rings (SSSR count). The number of aromatic nitrogens is 3. The van der Waals surface area contributed by atoms with Crippen molar-refractivity contribution in [3.8, 4) is 17.1 Å². The SMILES string of the molecule is Cc1cncc(Nc2cc3nc4ccccc4n(-c4ccccc4)c-3c/c2=N\C2CCCCC2)c1. The highest BCUT2D eigenvalue weighted by Crippen LogP contribution is 2.30. The van der Waals surface area contributed by atoms with Gasteiger partial charge in [-0.25, -0.2) is 4.98 Å². The second-order valence-electron chi connectivity index (χ2n) is 9.43. The third-order valence-electron chi connectivity index (χ3n) is 6.76. The van der Waals surface area contributed by atoms with Crippen LogP contribution in [0.15, 0.2) is 90.2 Å². The summed E-state index contributed by atoms with van der Waals surface area (Å²) in [5.74, 6) is 0. The van der Waals surface area contributed by atoms with Crippen molar-refractivity contribution in [2.24, 2.45) is 4.99 Å². The van der Waals surface area contributed by atoms with Crippen LogP contribution in [0.1, 0.15) is 37.7 Å². The number of hydrogen-bond acceptors (Lipinski definition) is 4. The molecule has 2 aromatic carbocycles. The Balaban J connectivity index is 1.62. The number of nitrogens with zero attached hydrogens (tertiary/aromatic N) is 4. The van der Waals surface area contributed by atoms with Crippen LogP contribution in [0.2, 0.25) is 0 Å². The van der Waals surface area contributed by atoms with Crippen molar-refractivity contribution in [3.05, 3.63) is 96.1 Å². The third-order valence-corrected chi connectivity index (χ3v) is 6.76. The van der Waals surface area contributed by atoms with E-state index in [0.717, 1.165) is 63.2 Å². The lowest BCUT2D eigenvalue weighted by Crippen LogP contribution is -2.19. The fourth-order valence-electron chi connectivity index (χ4n) is 5.09. The summed E-state index contributed by atoms with van der Waals surface area (Å²) in [7, 11) is 0. The summed E-state index contributed by atoms with van der Waals surface area (Å²) in [4.78, 5) is 14.7. The number of rotatable bonds is 4. The molecule has 0 radical (unpaired) electrons. The normalized spacial score (nSPS) is 15.1. The molecule has 0 unspecified atom stereocenters. The van der Waals surface area contributed by atoms with Gasteiger partial charge < -0.3 is 9.88 Å². The molecule has 2 aliphatic carbocycles. The summed E-state index contributed by atoms with van der Waals surface area (Å²) in [5.41, 5.74) is 8.19. The molecule has 1 N–H and O–H groups in total. The number of hydrogen-bond donors (Lipinski definition) is 1. The standard InChI is InChI=1S/C30H29N5/c1-21-16-23(20-31-19-21)33-26-17-28-30(18-27(26)32-22-10-4-2-5-11-22)35(24-12-6-3-7-13-24)29-15-9-8-14-25(29)34-28/h3,6-9,12-20,22,33H,2,4-5,10-11H2,1H3/b32-27+. The highest BCUT2D eigenvalue weighted by Gasteiger charge is 2.18. The first-order valence-electron chi connectivity index (χ1n) is 12.5. The third kappa shape index (κ3) is 4.42. The Morgan fingerprint density at radius 2 is 1.69 bits per heavy atom. The van der Waals surface area contributed by atoms with E-state index in [1.807, 2.05) is 18.5 Å². The smallest absolute Gasteiger partial charge is 0.0900 e. The summed E-state index contributed by atoms with van der Waals surface area (Å²) in [6, 6.07) is 25.7. The van der Waals surface area contributed by atoms with Crippen molar-refractivity contribution in [1.29, 1.82) is 0 Å². The maximum absolute atomic E-state index is 5.28. The number of para-hydroxylation sites is 3. The van der Waals surface area contributed by atoms with Gasteiger partial charge >= 0.3 is 0 Å². The van der Waals surface area contributed by atoms with Crippen molar-refractivity contribution >= 4 is 22.4 Å². The molecule has 0 saturated heterocycles. The van der Waals surface area contributed by atoms with Crippen LogP contribution in [0.3, 0.4) is 0 Å². The molecule has 2 heterocycles. The zero-order valence-electron chi connectivity index (χ0n) is 20.0. The molecule has 1 fully saturated rings. The average molecular weight is 460 g/mol. The Bertz CT molecular complexity index is 1510. The topological polar surface area (TPSA) is 55.1 Å². The Hall–Kier alpha value is -3.99. The van der Waals surface area contributed by atoms with Crippen molar-refractivity contribution < 1.29 is 0 Å². The summed E-state index contributed by atoms with van der Waals surface area (Å²) in [6.45, 7) is 2.06. The average Bonchev–Trinajstić information content (AvgIpc) is 2.89. The molecular weight excluding hydrogens is 430 g/mol. The molecule has 0 amide bonds. The van der Waals surface area contributed by atoms with Gasteiger partial charge in [0.25, 0.3) is 0 Å². The lowest BCUT2D eigenvalue weighted by atomic mass is 9.96. The van der Waals surface area contributed by atoms with E-state index in [-0.39, 0.29) is 0 Å². The number of benzene rings is 3. The van der Waals surface area contributed by atoms with E-state index >= 15 is 0 Å². The number of anilines is 2. The zero-order valence-corrected chi connectivity index (χ0v) is 20.0. The Kier molecular flexibility index (Phi) is 5.75. The molecule has 35 heavy (non-hydrogen) atoms. The minimum atomic E-state index is 0.357. The summed E-state index contributed by atoms with van der Waals surface area (Å²) >= 11 is 0. The molecule has 3 aliphatic rings. The largest absolute Gasteiger partial charge is 0.352 e. The van der Waals surface area contributed by atoms with Crippen molar-refractivity contribution in [2.75, 3.05) is 5.32 Å². The quantitative estimate of drug-likeness (QED) is 0.300. The lowest BCUT2D eigenvalue weighted by Gasteiger charge is -2.21. The van der Waals surface area contributed by atoms with Gasteiger partial charge in [0, 0.05) is 11.9 Å². The molecule has 3 aromatic rings. The number of fused-ring (bicyclic) bond motifs is 2. The van der Waals surface area contributed by atoms with Crippen LogP contribution >= 0.6 is 0 Å². The highest BCUT2D eigenvalue weighted by atomic mass is 15.0. The van der Waals surface area contributed by atoms with Crippen LogP contribution in [0.4, 0.5) is 11.4 Å². The van der Waals surface area contributed by atoms with Crippen LogP contribution < -0.4 is 10.7 Å². The maximum atomic E-state index is 5.28. The first kappa shape index (κ1) is 21.5. The fourth-order valence-corrected chi connectivity index (χ4v) is 5.09. The van der Waals surface area contributed by atoms with E-state index in [0.29, 0.717) is 6.04 Å². The minimum absolute atomic E-state index is 0.357. The van der Waals surface area contributed by atoms with Crippen LogP contribution in [0.25, 0.3) is 28.1 Å². The van der Waals surface area contributed by atoms with Crippen LogP contribution in [-0.4, -0.2) is 20.6 Å². The van der Waals surface area contributed by atoms with Crippen LogP contribution in [-0.2, 0) is 0 Å². The first-order chi connectivity index (χ1) is 17.2. The van der Waals surface area contributed by atoms with E-state index in [1.165, 1.54) is 19.3 Å². The second-order valence-corrected chi connectivity index (χ2v) is 9.43. The van der Waals surface area contributed by atoms with E-state index in [1.54, 1.807) is 0 Å². The molecule has 174 valence electrons. The molecule has 0 spiro atoms. The van der Waals surface area contributed by atoms with Gasteiger partial charge in [-0.05, 0) is 67.8 Å². The maximum Gasteiger partial charge on any atom is 0.0900 e. The van der Waals surface area contributed by atoms with Gasteiger partial charge in [0.05, 0.1) is 51.4 Å². The Labute approximate surface area is 205 Å². The van der Waals surface area contributed by atoms with Crippen LogP contribution in [0.5, 0.6) is 0 Å². The van der Waals surface area contributed by atoms with Gasteiger partial charge in [-0.15, -0.1) is 0 Å². The highest BCUT2D eigenvalue weighted by molar-refractivity contribution is 5.84. The van der Waals surface area contributed by atoms with Gasteiger partial charge in [0.1, 0.15) is 0 Å². The predicted molar refractivity (Wildman–Crippen MR) is 142 cm³/mol. The monoisotopic (exact) mass is 459 g/mol. The van der Waals surface area contributed by atoms with Gasteiger partial charge in [-0.3, -0.25) is 9.98 Å². The number of pyridine rings is 1. The lowest BCUT2D eigenvalue weighted by molar-refractivity contribution is 0.437. The van der Waals surface area contributed by atoms with E-state index in [4.69, 9.17) is 9.98 Å². The first-order valence-corrected chi connectivity index (χ1v) is 12.5. The number of aryl methyl sites for hydroxylation is 1. The molecule has 1 aliphatic heterocycles. The molecule has 0 bridgehead atoms. The van der Waals surface area contributed by atoms with Gasteiger partial charge in [0.2, 0.25) is 0 Å². The molecule has 0 atom stereocenters. The van der Waals surface area contributed by atoms with Gasteiger partial charge in [0.15, 0.2) is 0 Å². The molecular formula is C30H29N5. The molecule has 5 heteroatoms. The number of nitrogens with one attached hydrogen (secondary N) is 1. The van der Waals surface area contributed by atoms with Gasteiger partial charge in [-0.2, -0.15) is 0 Å². The molecule has 1 aromatic heterocycles. The summed E-state index contributed by atoms with van der Waals surface area (Å²) < 4.78 is 2.30. The summed E-state index contributed by atoms with van der Waals surface area (Å²) in [5, 5.41) is 4.58. The van der Waals surface area contributed by atoms with E-state index in [9.17, 15) is 0 Å². The predicted octanol–water partition coefficient (Wildman–Crippen LogP) is 6.81. The fraction of sp³-hybridized carbons (Fsp3) is 0.233. The molecule has 5 nitrogen and oxygen atoms in total. The Morgan fingerprint density at radius 3 is 2.51 bits per heavy atom. The molecule has 1 saturated carbocycles. The Morgan fingerprint density at radius 1 is 0.886 bits per heavy atom. The zero-order chi connectivity index (χ0) is 23.6. The minimum Gasteiger partial charge on any atom is -0.352 e. The summed E-state index contributed by atoms with van der Waals surface area (Å²) in [6.07, 6.45) is 9.85. The van der Waals surface area contributed by atoms with Crippen molar-refractivity contribution in [3.63, 3.8) is 0 Å². The van der Waals surface area contributed by atoms with Gasteiger partial charge in [-0.1, -0.05) is 49.6 Å². The van der Waals surface area contributed by atoms with E-state index < -0.39 is 0 Å². The van der Waals surface area contributed by atoms with Crippen molar-refractivity contribution in [1.82, 2.24) is 14.5 Å². The second kappa shape index (κ2) is 9.34. The van der Waals surface area contributed by atoms with E-state index in [2.05, 4.69) is 88.5 Å². The van der Waals surface area contributed by atoms with Crippen LogP contribution in [0, 0.1) is 6.92 Å².